The number of halogens is 2. The molecule has 0 saturated carbocycles. The number of ether oxygens (including phenoxy) is 2. The van der Waals surface area contributed by atoms with Gasteiger partial charge in [-0.1, -0.05) is 18.2 Å². The van der Waals surface area contributed by atoms with E-state index in [2.05, 4.69) is 32.1 Å². The van der Waals surface area contributed by atoms with Gasteiger partial charge in [0, 0.05) is 41.2 Å². The Hall–Kier alpha value is -4.60. The summed E-state index contributed by atoms with van der Waals surface area (Å²) in [7, 11) is 1.49. The number of pyridine rings is 1. The number of nitrogens with one attached hydrogen (secondary N) is 1. The van der Waals surface area contributed by atoms with Crippen molar-refractivity contribution in [2.24, 2.45) is 9.98 Å². The molecule has 0 atom stereocenters. The Morgan fingerprint density at radius 1 is 1.14 bits per heavy atom. The molecule has 0 spiro atoms. The van der Waals surface area contributed by atoms with E-state index in [-0.39, 0.29) is 23.7 Å². The maximum atomic E-state index is 14.8. The van der Waals surface area contributed by atoms with Crippen LogP contribution < -0.4 is 10.1 Å². The zero-order chi connectivity index (χ0) is 25.5. The number of rotatable bonds is 9. The Kier molecular flexibility index (Phi) is 7.64. The van der Waals surface area contributed by atoms with E-state index in [4.69, 9.17) is 9.47 Å². The third-order valence-electron chi connectivity index (χ3n) is 5.16. The number of anilines is 1. The van der Waals surface area contributed by atoms with Gasteiger partial charge in [0.25, 0.3) is 0 Å². The van der Waals surface area contributed by atoms with E-state index in [9.17, 15) is 8.78 Å². The van der Waals surface area contributed by atoms with Crippen LogP contribution in [0.1, 0.15) is 18.2 Å². The van der Waals surface area contributed by atoms with Crippen molar-refractivity contribution in [3.05, 3.63) is 95.9 Å². The highest BCUT2D eigenvalue weighted by Crippen LogP contribution is 2.25. The van der Waals surface area contributed by atoms with Crippen molar-refractivity contribution in [1.29, 1.82) is 0 Å². The largest absolute Gasteiger partial charge is 0.501 e. The number of aliphatic imine (C=N–C) groups is 2. The number of nitrogens with zero attached hydrogens (tertiary/aromatic N) is 5. The van der Waals surface area contributed by atoms with E-state index in [1.807, 2.05) is 18.2 Å². The van der Waals surface area contributed by atoms with Crippen LogP contribution in [0.3, 0.4) is 0 Å². The number of benzene rings is 2. The van der Waals surface area contributed by atoms with Gasteiger partial charge in [-0.05, 0) is 31.8 Å². The molecule has 36 heavy (non-hydrogen) atoms. The zero-order valence-corrected chi connectivity index (χ0v) is 19.8. The van der Waals surface area contributed by atoms with Gasteiger partial charge in [0.05, 0.1) is 25.8 Å². The van der Waals surface area contributed by atoms with Gasteiger partial charge in [-0.25, -0.2) is 18.8 Å². The van der Waals surface area contributed by atoms with Crippen molar-refractivity contribution >= 4 is 29.1 Å². The molecule has 4 rings (SSSR count). The Balaban J connectivity index is 1.75. The molecule has 10 heteroatoms. The first-order chi connectivity index (χ1) is 17.5. The fraction of sp³-hybridized carbons (Fsp3) is 0.154. The van der Waals surface area contributed by atoms with Crippen LogP contribution in [0.15, 0.2) is 83.0 Å². The average molecular weight is 491 g/mol. The molecule has 0 radical (unpaired) electrons. The number of hydrogen-bond donors (Lipinski definition) is 1. The number of methoxy groups -OCH3 is 1. The summed E-state index contributed by atoms with van der Waals surface area (Å²) in [5.74, 6) is -0.771. The lowest BCUT2D eigenvalue weighted by Crippen LogP contribution is -2.09. The number of hydrogen-bond acceptors (Lipinski definition) is 6. The molecule has 0 aliphatic carbocycles. The lowest BCUT2D eigenvalue weighted by molar-refractivity contribution is 0.334. The smallest absolute Gasteiger partial charge is 0.182 e. The van der Waals surface area contributed by atoms with Crippen molar-refractivity contribution in [2.75, 3.05) is 19.0 Å². The summed E-state index contributed by atoms with van der Waals surface area (Å²) in [6.45, 7) is 5.54. The molecule has 0 aliphatic rings. The molecule has 2 aromatic heterocycles. The molecule has 184 valence electrons. The minimum atomic E-state index is -0.720. The van der Waals surface area contributed by atoms with Crippen molar-refractivity contribution in [3.8, 4) is 5.75 Å². The molecular weight excluding hydrogens is 466 g/mol. The molecular formula is C26H24F2N6O2. The van der Waals surface area contributed by atoms with E-state index in [0.717, 1.165) is 5.69 Å². The monoisotopic (exact) mass is 490 g/mol. The SMILES string of the molecule is C=N/C(=N\C(=C\OC)Nc1ccncc1)c1nn(Cc2c(F)cc(OCC)cc2F)c2ccccc12. The highest BCUT2D eigenvalue weighted by atomic mass is 19.1. The summed E-state index contributed by atoms with van der Waals surface area (Å²) in [4.78, 5) is 12.6. The van der Waals surface area contributed by atoms with E-state index in [0.29, 0.717) is 29.0 Å². The minimum absolute atomic E-state index is 0.131. The maximum Gasteiger partial charge on any atom is 0.182 e. The average Bonchev–Trinajstić information content (AvgIpc) is 3.24. The first-order valence-corrected chi connectivity index (χ1v) is 11.1. The first kappa shape index (κ1) is 24.5. The topological polar surface area (TPSA) is 85.9 Å². The highest BCUT2D eigenvalue weighted by molar-refractivity contribution is 6.09. The molecule has 2 heterocycles. The summed E-state index contributed by atoms with van der Waals surface area (Å²) in [6.07, 6.45) is 4.68. The summed E-state index contributed by atoms with van der Waals surface area (Å²) < 4.78 is 41.4. The number of fused-ring (bicyclic) bond motifs is 1. The van der Waals surface area contributed by atoms with Crippen LogP contribution in [0.4, 0.5) is 14.5 Å². The van der Waals surface area contributed by atoms with Crippen LogP contribution in [-0.2, 0) is 11.3 Å². The Morgan fingerprint density at radius 2 is 1.86 bits per heavy atom. The Morgan fingerprint density at radius 3 is 2.53 bits per heavy atom. The lowest BCUT2D eigenvalue weighted by atomic mass is 10.1. The van der Waals surface area contributed by atoms with Crippen LogP contribution >= 0.6 is 0 Å². The molecule has 0 saturated heterocycles. The molecule has 2 aromatic carbocycles. The molecule has 0 fully saturated rings. The van der Waals surface area contributed by atoms with Gasteiger partial charge in [0.15, 0.2) is 11.7 Å². The third-order valence-corrected chi connectivity index (χ3v) is 5.16. The van der Waals surface area contributed by atoms with Crippen LogP contribution in [0, 0.1) is 11.6 Å². The van der Waals surface area contributed by atoms with E-state index in [1.165, 1.54) is 30.2 Å². The van der Waals surface area contributed by atoms with Crippen LogP contribution in [0.5, 0.6) is 5.75 Å². The van der Waals surface area contributed by atoms with Gasteiger partial charge in [-0.3, -0.25) is 9.67 Å². The Labute approximate surface area is 206 Å². The third kappa shape index (κ3) is 5.38. The summed E-state index contributed by atoms with van der Waals surface area (Å²) in [5.41, 5.74) is 1.64. The van der Waals surface area contributed by atoms with Gasteiger partial charge in [0.2, 0.25) is 0 Å². The zero-order valence-electron chi connectivity index (χ0n) is 19.8. The first-order valence-electron chi connectivity index (χ1n) is 11.1. The molecule has 4 aromatic rings. The standard InChI is InChI=1S/C26H24F2N6O2/c1-4-36-18-13-21(27)20(22(28)14-18)15-34-23-8-6-5-7-19(23)25(33-34)26(29-2)32-24(16-35-3)31-17-9-11-30-12-10-17/h5-14,16H,2,4,15H2,1,3H3,(H,30,31)/b24-16+,32-26-. The van der Waals surface area contributed by atoms with Crippen LogP contribution in [0.2, 0.25) is 0 Å². The molecule has 0 aliphatic heterocycles. The van der Waals surface area contributed by atoms with Gasteiger partial charge >= 0.3 is 0 Å². The maximum absolute atomic E-state index is 14.8. The predicted molar refractivity (Wildman–Crippen MR) is 135 cm³/mol. The molecule has 0 unspecified atom stereocenters. The second kappa shape index (κ2) is 11.2. The minimum Gasteiger partial charge on any atom is -0.501 e. The van der Waals surface area contributed by atoms with Gasteiger partial charge in [-0.2, -0.15) is 5.10 Å². The highest BCUT2D eigenvalue weighted by Gasteiger charge is 2.19. The fourth-order valence-corrected chi connectivity index (χ4v) is 3.60. The van der Waals surface area contributed by atoms with Crippen molar-refractivity contribution in [2.45, 2.75) is 13.5 Å². The number of para-hydroxylation sites is 1. The molecule has 0 bridgehead atoms. The molecule has 0 amide bonds. The van der Waals surface area contributed by atoms with E-state index < -0.39 is 11.6 Å². The summed E-state index contributed by atoms with van der Waals surface area (Å²) in [5, 5.41) is 8.40. The second-order valence-electron chi connectivity index (χ2n) is 7.52. The quantitative estimate of drug-likeness (QED) is 0.199. The normalized spacial score (nSPS) is 12.0. The Bertz CT molecular complexity index is 1410. The lowest BCUT2D eigenvalue weighted by Gasteiger charge is -2.10. The molecule has 8 nitrogen and oxygen atoms in total. The van der Waals surface area contributed by atoms with Gasteiger partial charge in [-0.15, -0.1) is 0 Å². The van der Waals surface area contributed by atoms with E-state index >= 15 is 0 Å². The molecule has 1 N–H and O–H groups in total. The van der Waals surface area contributed by atoms with Crippen molar-refractivity contribution in [3.63, 3.8) is 0 Å². The second-order valence-corrected chi connectivity index (χ2v) is 7.52. The van der Waals surface area contributed by atoms with Gasteiger partial charge in [0.1, 0.15) is 29.3 Å². The predicted octanol–water partition coefficient (Wildman–Crippen LogP) is 5.16. The van der Waals surface area contributed by atoms with Crippen LogP contribution in [0.25, 0.3) is 10.9 Å². The summed E-state index contributed by atoms with van der Waals surface area (Å²) >= 11 is 0. The number of amidine groups is 1. The van der Waals surface area contributed by atoms with E-state index in [1.54, 1.807) is 37.5 Å². The summed E-state index contributed by atoms with van der Waals surface area (Å²) in [6, 6.07) is 13.1. The van der Waals surface area contributed by atoms with Crippen LogP contribution in [-0.4, -0.2) is 41.0 Å². The van der Waals surface area contributed by atoms with Gasteiger partial charge < -0.3 is 14.8 Å². The van der Waals surface area contributed by atoms with Crippen molar-refractivity contribution in [1.82, 2.24) is 14.8 Å². The number of aromatic nitrogens is 3. The van der Waals surface area contributed by atoms with Crippen molar-refractivity contribution < 1.29 is 18.3 Å². The fourth-order valence-electron chi connectivity index (χ4n) is 3.60.